The van der Waals surface area contributed by atoms with Crippen LogP contribution in [0.25, 0.3) is 0 Å². The lowest BCUT2D eigenvalue weighted by atomic mass is 9.99. The molecule has 0 heterocycles. The van der Waals surface area contributed by atoms with Crippen LogP contribution in [0.2, 0.25) is 0 Å². The van der Waals surface area contributed by atoms with Crippen molar-refractivity contribution in [2.45, 2.75) is 40.2 Å². The molecule has 0 spiro atoms. The van der Waals surface area contributed by atoms with Crippen molar-refractivity contribution < 1.29 is 0 Å². The SMILES string of the molecule is CCN(CC)CC(NC)c1ccc(CC(C)C)cc1. The van der Waals surface area contributed by atoms with Crippen molar-refractivity contribution in [2.24, 2.45) is 5.92 Å². The average Bonchev–Trinajstić information content (AvgIpc) is 2.41. The highest BCUT2D eigenvalue weighted by Crippen LogP contribution is 2.16. The first kappa shape index (κ1) is 16.2. The lowest BCUT2D eigenvalue weighted by Gasteiger charge is -2.25. The van der Waals surface area contributed by atoms with Crippen LogP contribution in [0.4, 0.5) is 0 Å². The second kappa shape index (κ2) is 8.34. The van der Waals surface area contributed by atoms with Gasteiger partial charge in [-0.15, -0.1) is 0 Å². The van der Waals surface area contributed by atoms with Gasteiger partial charge in [-0.1, -0.05) is 52.0 Å². The molecule has 0 aromatic heterocycles. The first-order chi connectivity index (χ1) is 9.10. The fraction of sp³-hybridized carbons (Fsp3) is 0.647. The Morgan fingerprint density at radius 3 is 2.05 bits per heavy atom. The molecule has 0 aliphatic rings. The van der Waals surface area contributed by atoms with Crippen molar-refractivity contribution in [3.63, 3.8) is 0 Å². The summed E-state index contributed by atoms with van der Waals surface area (Å²) in [6.45, 7) is 12.3. The summed E-state index contributed by atoms with van der Waals surface area (Å²) < 4.78 is 0. The summed E-state index contributed by atoms with van der Waals surface area (Å²) in [5.74, 6) is 0.724. The summed E-state index contributed by atoms with van der Waals surface area (Å²) in [4.78, 5) is 2.46. The quantitative estimate of drug-likeness (QED) is 0.771. The summed E-state index contributed by atoms with van der Waals surface area (Å²) in [5, 5.41) is 3.44. The van der Waals surface area contributed by atoms with Gasteiger partial charge in [0.2, 0.25) is 0 Å². The fourth-order valence-corrected chi connectivity index (χ4v) is 2.46. The molecule has 2 nitrogen and oxygen atoms in total. The van der Waals surface area contributed by atoms with Gasteiger partial charge in [-0.2, -0.15) is 0 Å². The monoisotopic (exact) mass is 262 g/mol. The maximum atomic E-state index is 3.44. The predicted molar refractivity (Wildman–Crippen MR) is 84.6 cm³/mol. The third kappa shape index (κ3) is 5.33. The molecule has 0 saturated heterocycles. The van der Waals surface area contributed by atoms with Crippen molar-refractivity contribution in [1.82, 2.24) is 10.2 Å². The van der Waals surface area contributed by atoms with E-state index in [2.05, 4.69) is 69.2 Å². The molecule has 19 heavy (non-hydrogen) atoms. The zero-order chi connectivity index (χ0) is 14.3. The van der Waals surface area contributed by atoms with Crippen molar-refractivity contribution in [1.29, 1.82) is 0 Å². The number of hydrogen-bond acceptors (Lipinski definition) is 2. The first-order valence-electron chi connectivity index (χ1n) is 7.59. The number of nitrogens with zero attached hydrogens (tertiary/aromatic N) is 1. The van der Waals surface area contributed by atoms with E-state index in [-0.39, 0.29) is 0 Å². The van der Waals surface area contributed by atoms with Gasteiger partial charge in [0.15, 0.2) is 0 Å². The number of nitrogens with one attached hydrogen (secondary N) is 1. The van der Waals surface area contributed by atoms with Gasteiger partial charge in [0.25, 0.3) is 0 Å². The third-order valence-corrected chi connectivity index (χ3v) is 3.71. The van der Waals surface area contributed by atoms with Crippen LogP contribution in [0.3, 0.4) is 0 Å². The van der Waals surface area contributed by atoms with Crippen LogP contribution in [-0.4, -0.2) is 31.6 Å². The molecule has 1 aromatic carbocycles. The van der Waals surface area contributed by atoms with E-state index in [1.165, 1.54) is 17.5 Å². The predicted octanol–water partition coefficient (Wildman–Crippen LogP) is 3.49. The van der Waals surface area contributed by atoms with E-state index in [1.54, 1.807) is 0 Å². The van der Waals surface area contributed by atoms with Gasteiger partial charge in [0.05, 0.1) is 0 Å². The highest BCUT2D eigenvalue weighted by atomic mass is 15.1. The van der Waals surface area contributed by atoms with E-state index in [4.69, 9.17) is 0 Å². The highest BCUT2D eigenvalue weighted by Gasteiger charge is 2.12. The number of benzene rings is 1. The minimum atomic E-state index is 0.424. The Morgan fingerprint density at radius 1 is 1.05 bits per heavy atom. The Balaban J connectivity index is 2.70. The Bertz CT molecular complexity index is 339. The molecule has 2 heteroatoms. The maximum absolute atomic E-state index is 3.44. The fourth-order valence-electron chi connectivity index (χ4n) is 2.46. The van der Waals surface area contributed by atoms with Crippen LogP contribution >= 0.6 is 0 Å². The summed E-state index contributed by atoms with van der Waals surface area (Å²) >= 11 is 0. The zero-order valence-electron chi connectivity index (χ0n) is 13.2. The topological polar surface area (TPSA) is 15.3 Å². The van der Waals surface area contributed by atoms with Crippen molar-refractivity contribution in [3.05, 3.63) is 35.4 Å². The molecule has 0 saturated carbocycles. The van der Waals surface area contributed by atoms with Crippen LogP contribution < -0.4 is 5.32 Å². The van der Waals surface area contributed by atoms with Crippen molar-refractivity contribution in [3.8, 4) is 0 Å². The lowest BCUT2D eigenvalue weighted by molar-refractivity contribution is 0.271. The second-order valence-corrected chi connectivity index (χ2v) is 5.67. The van der Waals surface area contributed by atoms with E-state index in [0.717, 1.165) is 25.6 Å². The smallest absolute Gasteiger partial charge is 0.0446 e. The van der Waals surface area contributed by atoms with Gasteiger partial charge in [-0.05, 0) is 43.6 Å². The molecule has 0 aliphatic heterocycles. The minimum absolute atomic E-state index is 0.424. The van der Waals surface area contributed by atoms with Crippen molar-refractivity contribution in [2.75, 3.05) is 26.7 Å². The third-order valence-electron chi connectivity index (χ3n) is 3.71. The van der Waals surface area contributed by atoms with Crippen LogP contribution in [0, 0.1) is 5.92 Å². The van der Waals surface area contributed by atoms with Gasteiger partial charge >= 0.3 is 0 Å². The van der Waals surface area contributed by atoms with Crippen LogP contribution in [-0.2, 0) is 6.42 Å². The van der Waals surface area contributed by atoms with Gasteiger partial charge in [0, 0.05) is 12.6 Å². The molecular weight excluding hydrogens is 232 g/mol. The second-order valence-electron chi connectivity index (χ2n) is 5.67. The molecule has 0 fully saturated rings. The molecule has 1 aromatic rings. The molecule has 0 radical (unpaired) electrons. The maximum Gasteiger partial charge on any atom is 0.0446 e. The molecule has 1 rings (SSSR count). The average molecular weight is 262 g/mol. The molecule has 108 valence electrons. The van der Waals surface area contributed by atoms with Gasteiger partial charge in [-0.25, -0.2) is 0 Å². The van der Waals surface area contributed by atoms with E-state index < -0.39 is 0 Å². The van der Waals surface area contributed by atoms with Gasteiger partial charge < -0.3 is 10.2 Å². The van der Waals surface area contributed by atoms with E-state index in [0.29, 0.717) is 6.04 Å². The summed E-state index contributed by atoms with van der Waals surface area (Å²) in [7, 11) is 2.05. The Labute approximate surface area is 119 Å². The van der Waals surface area contributed by atoms with Crippen molar-refractivity contribution >= 4 is 0 Å². The minimum Gasteiger partial charge on any atom is -0.312 e. The Kier molecular flexibility index (Phi) is 7.11. The molecule has 1 atom stereocenters. The molecule has 0 aliphatic carbocycles. The van der Waals surface area contributed by atoms with E-state index in [9.17, 15) is 0 Å². The van der Waals surface area contributed by atoms with E-state index >= 15 is 0 Å². The largest absolute Gasteiger partial charge is 0.312 e. The van der Waals surface area contributed by atoms with Crippen LogP contribution in [0.15, 0.2) is 24.3 Å². The van der Waals surface area contributed by atoms with Gasteiger partial charge in [-0.3, -0.25) is 0 Å². The molecular formula is C17H30N2. The number of rotatable bonds is 8. The first-order valence-corrected chi connectivity index (χ1v) is 7.59. The highest BCUT2D eigenvalue weighted by molar-refractivity contribution is 5.25. The number of hydrogen-bond donors (Lipinski definition) is 1. The van der Waals surface area contributed by atoms with Crippen LogP contribution in [0.1, 0.15) is 44.9 Å². The molecule has 1 N–H and O–H groups in total. The summed E-state index contributed by atoms with van der Waals surface area (Å²) in [6, 6.07) is 9.54. The summed E-state index contributed by atoms with van der Waals surface area (Å²) in [6.07, 6.45) is 1.17. The molecule has 0 amide bonds. The zero-order valence-corrected chi connectivity index (χ0v) is 13.2. The molecule has 0 bridgehead atoms. The Hall–Kier alpha value is -0.860. The lowest BCUT2D eigenvalue weighted by Crippen LogP contribution is -2.33. The Morgan fingerprint density at radius 2 is 1.63 bits per heavy atom. The number of likely N-dealkylation sites (N-methyl/N-ethyl adjacent to an activating group) is 2. The molecule has 1 unspecified atom stereocenters. The van der Waals surface area contributed by atoms with Crippen LogP contribution in [0.5, 0.6) is 0 Å². The van der Waals surface area contributed by atoms with E-state index in [1.807, 2.05) is 0 Å². The van der Waals surface area contributed by atoms with Gasteiger partial charge in [0.1, 0.15) is 0 Å². The normalized spacial score (nSPS) is 13.2. The standard InChI is InChI=1S/C17H30N2/c1-6-19(7-2)13-17(18-5)16-10-8-15(9-11-16)12-14(3)4/h8-11,14,17-18H,6-7,12-13H2,1-5H3. The summed E-state index contributed by atoms with van der Waals surface area (Å²) in [5.41, 5.74) is 2.83.